The average Bonchev–Trinajstić information content (AvgIpc) is 2.75. The van der Waals surface area contributed by atoms with Crippen LogP contribution in [-0.4, -0.2) is 5.11 Å². The van der Waals surface area contributed by atoms with Crippen LogP contribution in [0.15, 0.2) is 36.4 Å². The Bertz CT molecular complexity index is 788. The Morgan fingerprint density at radius 3 is 1.46 bits per heavy atom. The summed E-state index contributed by atoms with van der Waals surface area (Å²) in [4.78, 5) is 0. The molecule has 0 atom stereocenters. The molecule has 0 unspecified atom stereocenters. The second-order valence-electron chi connectivity index (χ2n) is 8.88. The Morgan fingerprint density at radius 1 is 0.792 bits per heavy atom. The van der Waals surface area contributed by atoms with Gasteiger partial charge in [-0.1, -0.05) is 83.9 Å². The number of fused-ring (bicyclic) bond motifs is 3. The second-order valence-corrected chi connectivity index (χ2v) is 8.88. The molecule has 0 bridgehead atoms. The molecule has 0 saturated carbocycles. The Hall–Kier alpha value is -2.04. The van der Waals surface area contributed by atoms with Gasteiger partial charge in [-0.2, -0.15) is 0 Å². The van der Waals surface area contributed by atoms with E-state index in [0.717, 1.165) is 22.3 Å². The first kappa shape index (κ1) is 16.8. The Balaban J connectivity index is 2.32. The monoisotopic (exact) mass is 318 g/mol. The zero-order valence-corrected chi connectivity index (χ0v) is 15.5. The lowest BCUT2D eigenvalue weighted by Gasteiger charge is -2.22. The lowest BCUT2D eigenvalue weighted by molar-refractivity contribution is 0.150. The molecule has 0 aliphatic heterocycles. The first-order valence-electron chi connectivity index (χ1n) is 8.49. The second kappa shape index (κ2) is 4.98. The number of hydrogen-bond acceptors (Lipinski definition) is 1. The van der Waals surface area contributed by atoms with Crippen molar-refractivity contribution in [3.8, 4) is 23.5 Å². The van der Waals surface area contributed by atoms with Crippen LogP contribution in [0.5, 0.6) is 0 Å². The van der Waals surface area contributed by atoms with E-state index in [4.69, 9.17) is 6.42 Å². The normalized spacial score (nSPS) is 15.6. The molecule has 2 aromatic rings. The van der Waals surface area contributed by atoms with E-state index in [0.29, 0.717) is 0 Å². The van der Waals surface area contributed by atoms with Crippen molar-refractivity contribution in [1.29, 1.82) is 0 Å². The molecular formula is C23H26O. The predicted molar refractivity (Wildman–Crippen MR) is 101 cm³/mol. The Morgan fingerprint density at radius 2 is 1.17 bits per heavy atom. The molecule has 3 rings (SSSR count). The van der Waals surface area contributed by atoms with Gasteiger partial charge in [0.2, 0.25) is 0 Å². The SMILES string of the molecule is C#CC1(O)c2ccc(C(C)(C)C)cc2-c2cc(C(C)(C)C)ccc21. The van der Waals surface area contributed by atoms with E-state index < -0.39 is 5.60 Å². The summed E-state index contributed by atoms with van der Waals surface area (Å²) in [5, 5.41) is 11.2. The lowest BCUT2D eigenvalue weighted by atomic mass is 9.83. The van der Waals surface area contributed by atoms with Gasteiger partial charge in [0.15, 0.2) is 5.60 Å². The maximum absolute atomic E-state index is 11.2. The van der Waals surface area contributed by atoms with E-state index in [2.05, 4.69) is 71.7 Å². The molecular weight excluding hydrogens is 292 g/mol. The van der Waals surface area contributed by atoms with Gasteiger partial charge in [-0.3, -0.25) is 0 Å². The van der Waals surface area contributed by atoms with Crippen LogP contribution in [-0.2, 0) is 16.4 Å². The molecule has 0 radical (unpaired) electrons. The van der Waals surface area contributed by atoms with Crippen molar-refractivity contribution in [1.82, 2.24) is 0 Å². The molecule has 0 aromatic heterocycles. The molecule has 0 amide bonds. The Kier molecular flexibility index (Phi) is 3.49. The molecule has 24 heavy (non-hydrogen) atoms. The number of benzene rings is 2. The van der Waals surface area contributed by atoms with Crippen LogP contribution in [0, 0.1) is 12.3 Å². The summed E-state index contributed by atoms with van der Waals surface area (Å²) in [5.41, 5.74) is 5.01. The quantitative estimate of drug-likeness (QED) is 0.668. The van der Waals surface area contributed by atoms with Crippen LogP contribution >= 0.6 is 0 Å². The number of aliphatic hydroxyl groups is 1. The molecule has 1 aliphatic rings. The van der Waals surface area contributed by atoms with Crippen LogP contribution in [0.2, 0.25) is 0 Å². The summed E-state index contributed by atoms with van der Waals surface area (Å²) < 4.78 is 0. The summed E-state index contributed by atoms with van der Waals surface area (Å²) in [6.45, 7) is 13.2. The molecule has 0 fully saturated rings. The van der Waals surface area contributed by atoms with Gasteiger partial charge in [0.25, 0.3) is 0 Å². The van der Waals surface area contributed by atoms with Crippen LogP contribution in [0.25, 0.3) is 11.1 Å². The predicted octanol–water partition coefficient (Wildman–Crippen LogP) is 5.13. The van der Waals surface area contributed by atoms with Gasteiger partial charge in [0.05, 0.1) is 0 Å². The fourth-order valence-electron chi connectivity index (χ4n) is 3.40. The molecule has 2 aromatic carbocycles. The van der Waals surface area contributed by atoms with E-state index in [-0.39, 0.29) is 10.8 Å². The standard InChI is InChI=1S/C23H26O/c1-8-23(24)19-11-9-15(21(2,3)4)13-17(19)18-14-16(22(5,6)7)10-12-20(18)23/h1,9-14,24H,2-7H3. The molecule has 1 nitrogen and oxygen atoms in total. The van der Waals surface area contributed by atoms with E-state index >= 15 is 0 Å². The van der Waals surface area contributed by atoms with Crippen LogP contribution in [0.3, 0.4) is 0 Å². The highest BCUT2D eigenvalue weighted by Gasteiger charge is 2.41. The highest BCUT2D eigenvalue weighted by atomic mass is 16.3. The summed E-state index contributed by atoms with van der Waals surface area (Å²) in [5.74, 6) is 2.62. The van der Waals surface area contributed by atoms with Gasteiger partial charge in [0, 0.05) is 11.1 Å². The van der Waals surface area contributed by atoms with E-state index in [1.807, 2.05) is 12.1 Å². The van der Waals surface area contributed by atoms with Gasteiger partial charge < -0.3 is 5.11 Å². The zero-order chi connectivity index (χ0) is 17.9. The highest BCUT2D eigenvalue weighted by Crippen LogP contribution is 2.49. The molecule has 1 aliphatic carbocycles. The maximum atomic E-state index is 11.2. The third-order valence-electron chi connectivity index (χ3n) is 5.05. The van der Waals surface area contributed by atoms with Crippen molar-refractivity contribution >= 4 is 0 Å². The topological polar surface area (TPSA) is 20.2 Å². The van der Waals surface area contributed by atoms with Gasteiger partial charge in [-0.25, -0.2) is 0 Å². The van der Waals surface area contributed by atoms with Crippen molar-refractivity contribution < 1.29 is 5.11 Å². The molecule has 124 valence electrons. The van der Waals surface area contributed by atoms with E-state index in [9.17, 15) is 5.11 Å². The number of terminal acetylenes is 1. The minimum atomic E-state index is -1.34. The van der Waals surface area contributed by atoms with Crippen LogP contribution in [0.4, 0.5) is 0 Å². The van der Waals surface area contributed by atoms with Crippen molar-refractivity contribution in [2.45, 2.75) is 58.0 Å². The number of rotatable bonds is 0. The molecule has 1 heteroatoms. The maximum Gasteiger partial charge on any atom is 0.177 e. The van der Waals surface area contributed by atoms with Gasteiger partial charge >= 0.3 is 0 Å². The van der Waals surface area contributed by atoms with Crippen molar-refractivity contribution in [2.75, 3.05) is 0 Å². The summed E-state index contributed by atoms with van der Waals surface area (Å²) in [6, 6.07) is 12.5. The van der Waals surface area contributed by atoms with Gasteiger partial charge in [0.1, 0.15) is 0 Å². The lowest BCUT2D eigenvalue weighted by Crippen LogP contribution is -2.22. The van der Waals surface area contributed by atoms with Gasteiger partial charge in [-0.15, -0.1) is 6.42 Å². The molecule has 0 spiro atoms. The largest absolute Gasteiger partial charge is 0.369 e. The van der Waals surface area contributed by atoms with Crippen molar-refractivity contribution in [3.05, 3.63) is 58.7 Å². The summed E-state index contributed by atoms with van der Waals surface area (Å²) >= 11 is 0. The average molecular weight is 318 g/mol. The number of hydrogen-bond donors (Lipinski definition) is 1. The smallest absolute Gasteiger partial charge is 0.177 e. The summed E-state index contributed by atoms with van der Waals surface area (Å²) in [6.07, 6.45) is 5.75. The fraction of sp³-hybridized carbons (Fsp3) is 0.391. The third-order valence-corrected chi connectivity index (χ3v) is 5.05. The molecule has 0 saturated heterocycles. The van der Waals surface area contributed by atoms with E-state index in [1.165, 1.54) is 11.1 Å². The van der Waals surface area contributed by atoms with Crippen molar-refractivity contribution in [3.63, 3.8) is 0 Å². The van der Waals surface area contributed by atoms with Crippen LogP contribution in [0.1, 0.15) is 63.8 Å². The van der Waals surface area contributed by atoms with Crippen molar-refractivity contribution in [2.24, 2.45) is 0 Å². The van der Waals surface area contributed by atoms with Gasteiger partial charge in [-0.05, 0) is 33.1 Å². The zero-order valence-electron chi connectivity index (χ0n) is 15.5. The fourth-order valence-corrected chi connectivity index (χ4v) is 3.40. The molecule has 1 N–H and O–H groups in total. The Labute approximate surface area is 145 Å². The van der Waals surface area contributed by atoms with Crippen LogP contribution < -0.4 is 0 Å². The summed E-state index contributed by atoms with van der Waals surface area (Å²) in [7, 11) is 0. The minimum absolute atomic E-state index is 0.0493. The highest BCUT2D eigenvalue weighted by molar-refractivity contribution is 5.83. The first-order chi connectivity index (χ1) is 11.0. The third kappa shape index (κ3) is 2.38. The molecule has 0 heterocycles. The first-order valence-corrected chi connectivity index (χ1v) is 8.49. The van der Waals surface area contributed by atoms with E-state index in [1.54, 1.807) is 0 Å². The minimum Gasteiger partial charge on any atom is -0.369 e.